The summed E-state index contributed by atoms with van der Waals surface area (Å²) in [5.74, 6) is -0.809. The Kier molecular flexibility index (Phi) is 5.37. The molecule has 1 heterocycles. The Bertz CT molecular complexity index is 872. The molecule has 0 saturated heterocycles. The van der Waals surface area contributed by atoms with Crippen molar-refractivity contribution < 1.29 is 19.1 Å². The number of fused-ring (bicyclic) bond motifs is 1. The molecule has 3 rings (SSSR count). The van der Waals surface area contributed by atoms with Crippen molar-refractivity contribution in [2.45, 2.75) is 33.1 Å². The fourth-order valence-corrected chi connectivity index (χ4v) is 4.33. The lowest BCUT2D eigenvalue weighted by atomic mass is 10.1. The standard InChI is InChI=1S/C19H20N2O4S/c1-3-25-19(24)21-17(23)15-13-9-6-10-14(13)26-18(15)20-16(22)12-8-5-4-7-11(12)2/h4-5,7-8H,3,6,9-10H2,1-2H3,(H,20,22)(H,21,23,24). The Morgan fingerprint density at radius 2 is 1.92 bits per heavy atom. The van der Waals surface area contributed by atoms with Crippen LogP contribution in [0.2, 0.25) is 0 Å². The average Bonchev–Trinajstić information content (AvgIpc) is 3.15. The SMILES string of the molecule is CCOC(=O)NC(=O)c1c(NC(=O)c2ccccc2C)sc2c1CCC2. The quantitative estimate of drug-likeness (QED) is 0.857. The molecule has 136 valence electrons. The van der Waals surface area contributed by atoms with E-state index >= 15 is 0 Å². The van der Waals surface area contributed by atoms with Crippen molar-refractivity contribution in [2.75, 3.05) is 11.9 Å². The molecule has 6 nitrogen and oxygen atoms in total. The molecule has 0 spiro atoms. The molecule has 1 aliphatic carbocycles. The van der Waals surface area contributed by atoms with Gasteiger partial charge in [-0.25, -0.2) is 4.79 Å². The molecule has 0 saturated carbocycles. The van der Waals surface area contributed by atoms with Gasteiger partial charge in [0, 0.05) is 10.4 Å². The number of imide groups is 1. The highest BCUT2D eigenvalue weighted by atomic mass is 32.1. The summed E-state index contributed by atoms with van der Waals surface area (Å²) < 4.78 is 4.78. The second kappa shape index (κ2) is 7.70. The molecule has 26 heavy (non-hydrogen) atoms. The van der Waals surface area contributed by atoms with Crippen molar-refractivity contribution in [3.8, 4) is 0 Å². The number of carbonyl (C=O) groups is 3. The lowest BCUT2D eigenvalue weighted by Crippen LogP contribution is -2.32. The van der Waals surface area contributed by atoms with Gasteiger partial charge in [-0.1, -0.05) is 18.2 Å². The fourth-order valence-electron chi connectivity index (χ4n) is 3.05. The molecule has 0 unspecified atom stereocenters. The monoisotopic (exact) mass is 372 g/mol. The van der Waals surface area contributed by atoms with Crippen LogP contribution in [-0.4, -0.2) is 24.5 Å². The number of nitrogens with one attached hydrogen (secondary N) is 2. The Labute approximate surface area is 155 Å². The molecule has 1 aromatic heterocycles. The Morgan fingerprint density at radius 3 is 2.65 bits per heavy atom. The van der Waals surface area contributed by atoms with Gasteiger partial charge in [0.2, 0.25) is 0 Å². The van der Waals surface area contributed by atoms with Crippen molar-refractivity contribution in [1.29, 1.82) is 0 Å². The maximum absolute atomic E-state index is 12.6. The second-order valence-electron chi connectivity index (χ2n) is 6.01. The summed E-state index contributed by atoms with van der Waals surface area (Å²) >= 11 is 1.40. The maximum Gasteiger partial charge on any atom is 0.414 e. The number of alkyl carbamates (subject to hydrolysis) is 1. The summed E-state index contributed by atoms with van der Waals surface area (Å²) in [7, 11) is 0. The number of hydrogen-bond acceptors (Lipinski definition) is 5. The number of hydrogen-bond donors (Lipinski definition) is 2. The number of rotatable bonds is 4. The average molecular weight is 372 g/mol. The first-order valence-electron chi connectivity index (χ1n) is 8.50. The predicted molar refractivity (Wildman–Crippen MR) is 100.0 cm³/mol. The molecule has 1 aromatic carbocycles. The molecule has 0 radical (unpaired) electrons. The number of amides is 3. The number of anilines is 1. The minimum atomic E-state index is -0.786. The van der Waals surface area contributed by atoms with Gasteiger partial charge in [-0.05, 0) is 50.3 Å². The zero-order valence-corrected chi connectivity index (χ0v) is 15.5. The van der Waals surface area contributed by atoms with Gasteiger partial charge < -0.3 is 10.1 Å². The van der Waals surface area contributed by atoms with Crippen LogP contribution >= 0.6 is 11.3 Å². The van der Waals surface area contributed by atoms with Gasteiger partial charge in [0.1, 0.15) is 5.00 Å². The van der Waals surface area contributed by atoms with E-state index in [4.69, 9.17) is 4.74 Å². The molecule has 3 amide bonds. The van der Waals surface area contributed by atoms with E-state index < -0.39 is 12.0 Å². The van der Waals surface area contributed by atoms with Gasteiger partial charge in [0.25, 0.3) is 11.8 Å². The third-order valence-electron chi connectivity index (χ3n) is 4.26. The topological polar surface area (TPSA) is 84.5 Å². The van der Waals surface area contributed by atoms with Crippen molar-refractivity contribution in [1.82, 2.24) is 5.32 Å². The predicted octanol–water partition coefficient (Wildman–Crippen LogP) is 3.68. The van der Waals surface area contributed by atoms with E-state index in [9.17, 15) is 14.4 Å². The fraction of sp³-hybridized carbons (Fsp3) is 0.316. The molecular weight excluding hydrogens is 352 g/mol. The lowest BCUT2D eigenvalue weighted by Gasteiger charge is -2.10. The van der Waals surface area contributed by atoms with E-state index in [0.29, 0.717) is 16.1 Å². The van der Waals surface area contributed by atoms with Gasteiger partial charge in [-0.15, -0.1) is 11.3 Å². The van der Waals surface area contributed by atoms with E-state index in [1.165, 1.54) is 11.3 Å². The van der Waals surface area contributed by atoms with Crippen LogP contribution in [0.4, 0.5) is 9.80 Å². The van der Waals surface area contributed by atoms with Crippen molar-refractivity contribution in [3.05, 3.63) is 51.4 Å². The van der Waals surface area contributed by atoms with E-state index in [1.807, 2.05) is 19.1 Å². The van der Waals surface area contributed by atoms with Gasteiger partial charge in [0.15, 0.2) is 0 Å². The third-order valence-corrected chi connectivity index (χ3v) is 5.46. The molecule has 0 aliphatic heterocycles. The van der Waals surface area contributed by atoms with E-state index in [0.717, 1.165) is 35.3 Å². The molecule has 2 N–H and O–H groups in total. The lowest BCUT2D eigenvalue weighted by molar-refractivity contribution is 0.0925. The highest BCUT2D eigenvalue weighted by molar-refractivity contribution is 7.17. The first kappa shape index (κ1) is 18.1. The molecule has 7 heteroatoms. The van der Waals surface area contributed by atoms with Crippen LogP contribution in [0.25, 0.3) is 0 Å². The van der Waals surface area contributed by atoms with Gasteiger partial charge in [-0.2, -0.15) is 0 Å². The van der Waals surface area contributed by atoms with E-state index in [1.54, 1.807) is 19.1 Å². The van der Waals surface area contributed by atoms with Crippen molar-refractivity contribution in [2.24, 2.45) is 0 Å². The molecule has 2 aromatic rings. The summed E-state index contributed by atoms with van der Waals surface area (Å²) in [6, 6.07) is 7.26. The molecule has 0 bridgehead atoms. The highest BCUT2D eigenvalue weighted by Gasteiger charge is 2.28. The highest BCUT2D eigenvalue weighted by Crippen LogP contribution is 2.39. The van der Waals surface area contributed by atoms with Crippen LogP contribution < -0.4 is 10.6 Å². The first-order valence-corrected chi connectivity index (χ1v) is 9.32. The van der Waals surface area contributed by atoms with Crippen molar-refractivity contribution >= 4 is 34.2 Å². The smallest absolute Gasteiger partial charge is 0.414 e. The Balaban J connectivity index is 1.88. The molecule has 0 fully saturated rings. The summed E-state index contributed by atoms with van der Waals surface area (Å²) in [6.07, 6.45) is 1.82. The number of carbonyl (C=O) groups excluding carboxylic acids is 3. The van der Waals surface area contributed by atoms with Crippen LogP contribution in [-0.2, 0) is 17.6 Å². The third kappa shape index (κ3) is 3.62. The molecular formula is C19H20N2O4S. The van der Waals surface area contributed by atoms with E-state index in [2.05, 4.69) is 10.6 Å². The molecule has 1 aliphatic rings. The summed E-state index contributed by atoms with van der Waals surface area (Å²) in [5, 5.41) is 5.56. The minimum Gasteiger partial charge on any atom is -0.450 e. The van der Waals surface area contributed by atoms with Gasteiger partial charge in [0.05, 0.1) is 12.2 Å². The number of thiophene rings is 1. The Morgan fingerprint density at radius 1 is 1.15 bits per heavy atom. The first-order chi connectivity index (χ1) is 12.5. The minimum absolute atomic E-state index is 0.178. The Hall–Kier alpha value is -2.67. The zero-order valence-electron chi connectivity index (χ0n) is 14.7. The second-order valence-corrected chi connectivity index (χ2v) is 7.11. The molecule has 0 atom stereocenters. The van der Waals surface area contributed by atoms with Crippen molar-refractivity contribution in [3.63, 3.8) is 0 Å². The van der Waals surface area contributed by atoms with Crippen LogP contribution in [0.1, 0.15) is 50.1 Å². The summed E-state index contributed by atoms with van der Waals surface area (Å²) in [6.45, 7) is 3.70. The number of ether oxygens (including phenoxy) is 1. The zero-order chi connectivity index (χ0) is 18.7. The summed E-state index contributed by atoms with van der Waals surface area (Å²) in [4.78, 5) is 37.9. The number of benzene rings is 1. The van der Waals surface area contributed by atoms with Crippen LogP contribution in [0.5, 0.6) is 0 Å². The summed E-state index contributed by atoms with van der Waals surface area (Å²) in [5.41, 5.74) is 2.69. The van der Waals surface area contributed by atoms with Crippen LogP contribution in [0.3, 0.4) is 0 Å². The van der Waals surface area contributed by atoms with Gasteiger partial charge >= 0.3 is 6.09 Å². The van der Waals surface area contributed by atoms with Gasteiger partial charge in [-0.3, -0.25) is 14.9 Å². The normalized spacial score (nSPS) is 12.4. The van der Waals surface area contributed by atoms with Crippen LogP contribution in [0, 0.1) is 6.92 Å². The number of aryl methyl sites for hydroxylation is 2. The van der Waals surface area contributed by atoms with Crippen LogP contribution in [0.15, 0.2) is 24.3 Å². The van der Waals surface area contributed by atoms with E-state index in [-0.39, 0.29) is 12.5 Å². The maximum atomic E-state index is 12.6. The largest absolute Gasteiger partial charge is 0.450 e.